The number of rotatable bonds is 5. The Morgan fingerprint density at radius 1 is 1.03 bits per heavy atom. The Morgan fingerprint density at radius 3 is 2.61 bits per heavy atom. The van der Waals surface area contributed by atoms with Crippen molar-refractivity contribution in [2.24, 2.45) is 7.05 Å². The van der Waals surface area contributed by atoms with Gasteiger partial charge in [-0.1, -0.05) is 42.4 Å². The van der Waals surface area contributed by atoms with Gasteiger partial charge in [0.2, 0.25) is 11.7 Å². The van der Waals surface area contributed by atoms with Gasteiger partial charge in [-0.25, -0.2) is 9.97 Å². The Labute approximate surface area is 191 Å². The Kier molecular flexibility index (Phi) is 4.40. The van der Waals surface area contributed by atoms with E-state index in [1.807, 2.05) is 43.1 Å². The van der Waals surface area contributed by atoms with E-state index in [0.717, 1.165) is 58.6 Å². The number of imidazole rings is 1. The van der Waals surface area contributed by atoms with Crippen LogP contribution in [0.4, 0.5) is 0 Å². The fraction of sp³-hybridized carbons (Fsp3) is 0.269. The average molecular weight is 437 g/mol. The molecule has 7 heteroatoms. The second kappa shape index (κ2) is 7.33. The van der Waals surface area contributed by atoms with Crippen LogP contribution in [-0.2, 0) is 18.9 Å². The summed E-state index contributed by atoms with van der Waals surface area (Å²) in [5, 5.41) is 4.30. The van der Waals surface area contributed by atoms with E-state index in [1.165, 1.54) is 5.56 Å². The molecule has 1 aliphatic rings. The highest BCUT2D eigenvalue weighted by atomic mass is 16.5. The molecule has 0 unspecified atom stereocenters. The monoisotopic (exact) mass is 436 g/mol. The summed E-state index contributed by atoms with van der Waals surface area (Å²) >= 11 is 0. The van der Waals surface area contributed by atoms with Crippen molar-refractivity contribution < 1.29 is 4.52 Å². The first-order valence-corrected chi connectivity index (χ1v) is 11.3. The number of benzene rings is 1. The van der Waals surface area contributed by atoms with Crippen LogP contribution in [-0.4, -0.2) is 29.7 Å². The highest BCUT2D eigenvalue weighted by Gasteiger charge is 2.50. The van der Waals surface area contributed by atoms with Crippen LogP contribution in [0.1, 0.15) is 42.3 Å². The van der Waals surface area contributed by atoms with E-state index in [4.69, 9.17) is 19.5 Å². The van der Waals surface area contributed by atoms with Gasteiger partial charge < -0.3 is 9.09 Å². The summed E-state index contributed by atoms with van der Waals surface area (Å²) < 4.78 is 7.74. The predicted molar refractivity (Wildman–Crippen MR) is 126 cm³/mol. The van der Waals surface area contributed by atoms with E-state index in [1.54, 1.807) is 0 Å². The smallest absolute Gasteiger partial charge is 0.237 e. The minimum absolute atomic E-state index is 0.147. The zero-order chi connectivity index (χ0) is 22.6. The Hall–Kier alpha value is -3.87. The molecule has 5 aromatic rings. The second-order valence-corrected chi connectivity index (χ2v) is 8.81. The van der Waals surface area contributed by atoms with Gasteiger partial charge in [0.05, 0.1) is 5.41 Å². The minimum atomic E-state index is -0.147. The summed E-state index contributed by atoms with van der Waals surface area (Å²) in [5.74, 6) is 2.06. The molecule has 0 amide bonds. The fourth-order valence-electron chi connectivity index (χ4n) is 4.54. The first-order valence-electron chi connectivity index (χ1n) is 11.3. The van der Waals surface area contributed by atoms with Crippen LogP contribution >= 0.6 is 0 Å². The maximum atomic E-state index is 5.75. The lowest BCUT2D eigenvalue weighted by molar-refractivity contribution is 0.360. The summed E-state index contributed by atoms with van der Waals surface area (Å²) in [4.78, 5) is 18.9. The van der Waals surface area contributed by atoms with Crippen molar-refractivity contribution in [3.63, 3.8) is 0 Å². The van der Waals surface area contributed by atoms with Crippen molar-refractivity contribution in [1.29, 1.82) is 0 Å². The van der Waals surface area contributed by atoms with E-state index in [9.17, 15) is 0 Å². The number of hydrogen-bond acceptors (Lipinski definition) is 6. The van der Waals surface area contributed by atoms with Gasteiger partial charge in [0.25, 0.3) is 0 Å². The third kappa shape index (κ3) is 3.15. The number of aromatic nitrogens is 6. The Bertz CT molecular complexity index is 1480. The normalized spacial score (nSPS) is 14.6. The third-order valence-corrected chi connectivity index (χ3v) is 6.58. The maximum Gasteiger partial charge on any atom is 0.237 e. The molecule has 0 N–H and O–H groups in total. The largest absolute Gasteiger partial charge is 0.338 e. The molecule has 4 heterocycles. The minimum Gasteiger partial charge on any atom is -0.338 e. The molecule has 0 atom stereocenters. The standard InChI is InChI=1S/C26H24N6O/c1-4-17-13-18(15-27-21(17)24-29-20-12-16(2)14-28-23(20)32(24)3)22-30-25(33-31-22)26(10-11-26)19-8-6-5-7-9-19/h5-9,12-15H,4,10-11H2,1-3H3. The van der Waals surface area contributed by atoms with Gasteiger partial charge in [0.15, 0.2) is 11.5 Å². The molecule has 7 nitrogen and oxygen atoms in total. The van der Waals surface area contributed by atoms with Crippen LogP contribution in [0.15, 0.2) is 59.4 Å². The first-order chi connectivity index (χ1) is 16.1. The van der Waals surface area contributed by atoms with Gasteiger partial charge in [-0.3, -0.25) is 4.98 Å². The van der Waals surface area contributed by atoms with E-state index in [0.29, 0.717) is 11.7 Å². The fourth-order valence-corrected chi connectivity index (χ4v) is 4.54. The Morgan fingerprint density at radius 2 is 1.85 bits per heavy atom. The molecule has 0 radical (unpaired) electrons. The number of hydrogen-bond donors (Lipinski definition) is 0. The lowest BCUT2D eigenvalue weighted by Crippen LogP contribution is -2.08. The van der Waals surface area contributed by atoms with Crippen molar-refractivity contribution in [3.05, 3.63) is 77.4 Å². The van der Waals surface area contributed by atoms with Crippen LogP contribution < -0.4 is 0 Å². The summed E-state index contributed by atoms with van der Waals surface area (Å²) in [5.41, 5.74) is 6.68. The summed E-state index contributed by atoms with van der Waals surface area (Å²) in [6.07, 6.45) is 6.53. The van der Waals surface area contributed by atoms with Crippen molar-refractivity contribution >= 4 is 11.2 Å². The van der Waals surface area contributed by atoms with Crippen molar-refractivity contribution in [2.45, 2.75) is 38.5 Å². The molecule has 0 saturated heterocycles. The second-order valence-electron chi connectivity index (χ2n) is 8.81. The molecule has 164 valence electrons. The van der Waals surface area contributed by atoms with Crippen LogP contribution in [0, 0.1) is 6.92 Å². The highest BCUT2D eigenvalue weighted by molar-refractivity contribution is 5.78. The van der Waals surface area contributed by atoms with Crippen molar-refractivity contribution in [2.75, 3.05) is 0 Å². The van der Waals surface area contributed by atoms with Crippen LogP contribution in [0.2, 0.25) is 0 Å². The van der Waals surface area contributed by atoms with Crippen LogP contribution in [0.25, 0.3) is 34.1 Å². The van der Waals surface area contributed by atoms with E-state index in [-0.39, 0.29) is 5.41 Å². The lowest BCUT2D eigenvalue weighted by Gasteiger charge is -2.10. The molecule has 1 saturated carbocycles. The molecule has 33 heavy (non-hydrogen) atoms. The van der Waals surface area contributed by atoms with Crippen molar-refractivity contribution in [3.8, 4) is 22.9 Å². The molecule has 4 aromatic heterocycles. The number of fused-ring (bicyclic) bond motifs is 1. The van der Waals surface area contributed by atoms with Crippen LogP contribution in [0.5, 0.6) is 0 Å². The number of nitrogens with zero attached hydrogens (tertiary/aromatic N) is 6. The zero-order valence-electron chi connectivity index (χ0n) is 18.9. The van der Waals surface area contributed by atoms with E-state index >= 15 is 0 Å². The molecule has 1 fully saturated rings. The van der Waals surface area contributed by atoms with Gasteiger partial charge in [-0.15, -0.1) is 0 Å². The van der Waals surface area contributed by atoms with Crippen molar-refractivity contribution in [1.82, 2.24) is 29.7 Å². The first kappa shape index (κ1) is 19.8. The zero-order valence-corrected chi connectivity index (χ0v) is 18.9. The van der Waals surface area contributed by atoms with Gasteiger partial charge in [-0.2, -0.15) is 4.98 Å². The molecule has 0 bridgehead atoms. The van der Waals surface area contributed by atoms with Crippen LogP contribution in [0.3, 0.4) is 0 Å². The quantitative estimate of drug-likeness (QED) is 0.384. The molecule has 6 rings (SSSR count). The summed E-state index contributed by atoms with van der Waals surface area (Å²) in [7, 11) is 1.98. The lowest BCUT2D eigenvalue weighted by atomic mass is 9.96. The number of aryl methyl sites for hydroxylation is 3. The Balaban J connectivity index is 1.38. The van der Waals surface area contributed by atoms with E-state index in [2.05, 4.69) is 47.4 Å². The summed E-state index contributed by atoms with van der Waals surface area (Å²) in [6, 6.07) is 14.6. The molecule has 1 aromatic carbocycles. The topological polar surface area (TPSA) is 82.5 Å². The predicted octanol–water partition coefficient (Wildman–Crippen LogP) is 5.03. The van der Waals surface area contributed by atoms with E-state index < -0.39 is 0 Å². The molecule has 0 aliphatic heterocycles. The van der Waals surface area contributed by atoms with Gasteiger partial charge in [0.1, 0.15) is 11.2 Å². The van der Waals surface area contributed by atoms with Gasteiger partial charge >= 0.3 is 0 Å². The van der Waals surface area contributed by atoms with Gasteiger partial charge in [0, 0.05) is 25.0 Å². The van der Waals surface area contributed by atoms with Gasteiger partial charge in [-0.05, 0) is 55.0 Å². The molecule has 0 spiro atoms. The molecular weight excluding hydrogens is 412 g/mol. The maximum absolute atomic E-state index is 5.75. The number of pyridine rings is 2. The SMILES string of the molecule is CCc1cc(-c2noc(C3(c4ccccc4)CC3)n2)cnc1-c1nc2cc(C)cnc2n1C. The highest BCUT2D eigenvalue weighted by Crippen LogP contribution is 2.53. The molecule has 1 aliphatic carbocycles. The summed E-state index contributed by atoms with van der Waals surface area (Å²) in [6.45, 7) is 4.14. The third-order valence-electron chi connectivity index (χ3n) is 6.58. The molecular formula is C26H24N6O. The average Bonchev–Trinajstić information content (AvgIpc) is 3.39.